The molecule has 1 aliphatic carbocycles. The van der Waals surface area contributed by atoms with Crippen LogP contribution < -0.4 is 11.5 Å². The molecule has 1 aliphatic heterocycles. The molecule has 7 heteroatoms. The molecule has 4 N–H and O–H groups in total. The smallest absolute Gasteiger partial charge is 0.413 e. The molecule has 130 valence electrons. The molecule has 7 nitrogen and oxygen atoms in total. The number of hydrogen-bond donors (Lipinski definition) is 2. The number of nitrogens with two attached hydrogens (primary N) is 2. The van der Waals surface area contributed by atoms with E-state index in [1.165, 1.54) is 23.8 Å². The Labute approximate surface area is 142 Å². The lowest BCUT2D eigenvalue weighted by atomic mass is 9.97. The van der Waals surface area contributed by atoms with E-state index in [2.05, 4.69) is 17.1 Å². The SMILES string of the molecule is COC(=O)N1/C=C/C(=N\C(N)=C\N)OCCCCC2=CC=C[C@@H]2C1. The Morgan fingerprint density at radius 2 is 2.33 bits per heavy atom. The van der Waals surface area contributed by atoms with Crippen molar-refractivity contribution in [3.8, 4) is 0 Å². The van der Waals surface area contributed by atoms with Gasteiger partial charge in [-0.1, -0.05) is 23.8 Å². The molecule has 1 heterocycles. The second-order valence-corrected chi connectivity index (χ2v) is 5.52. The minimum absolute atomic E-state index is 0.148. The molecule has 2 aliphatic rings. The van der Waals surface area contributed by atoms with Crippen LogP contribution in [0.4, 0.5) is 4.79 Å². The van der Waals surface area contributed by atoms with E-state index in [1.54, 1.807) is 12.3 Å². The zero-order chi connectivity index (χ0) is 17.4. The molecular weight excluding hydrogens is 308 g/mol. The van der Waals surface area contributed by atoms with Crippen LogP contribution in [0.15, 0.2) is 53.1 Å². The van der Waals surface area contributed by atoms with Crippen LogP contribution in [-0.2, 0) is 9.47 Å². The molecule has 0 radical (unpaired) electrons. The summed E-state index contributed by atoms with van der Waals surface area (Å²) in [5, 5.41) is 0. The third kappa shape index (κ3) is 4.91. The van der Waals surface area contributed by atoms with Gasteiger partial charge in [0.1, 0.15) is 5.82 Å². The third-order valence-electron chi connectivity index (χ3n) is 3.85. The average Bonchev–Trinajstić information content (AvgIpc) is 3.02. The summed E-state index contributed by atoms with van der Waals surface area (Å²) in [7, 11) is 1.36. The molecule has 2 rings (SSSR count). The number of allylic oxidation sites excluding steroid dienone is 2. The van der Waals surface area contributed by atoms with E-state index >= 15 is 0 Å². The van der Waals surface area contributed by atoms with Gasteiger partial charge in [0.05, 0.1) is 13.7 Å². The van der Waals surface area contributed by atoms with Crippen molar-refractivity contribution >= 4 is 12.0 Å². The first-order chi connectivity index (χ1) is 11.6. The van der Waals surface area contributed by atoms with Gasteiger partial charge in [0, 0.05) is 30.9 Å². The lowest BCUT2D eigenvalue weighted by Crippen LogP contribution is -2.31. The Morgan fingerprint density at radius 3 is 3.08 bits per heavy atom. The minimum Gasteiger partial charge on any atom is -0.478 e. The summed E-state index contributed by atoms with van der Waals surface area (Å²) in [6.07, 6.45) is 13.1. The van der Waals surface area contributed by atoms with Gasteiger partial charge in [-0.15, -0.1) is 0 Å². The highest BCUT2D eigenvalue weighted by atomic mass is 16.5. The number of nitrogens with zero attached hydrogens (tertiary/aromatic N) is 2. The highest BCUT2D eigenvalue weighted by Crippen LogP contribution is 2.26. The number of carbonyl (C=O) groups excluding carboxylic acids is 1. The topological polar surface area (TPSA) is 103 Å². The van der Waals surface area contributed by atoms with Crippen LogP contribution in [0.5, 0.6) is 0 Å². The maximum Gasteiger partial charge on any atom is 0.413 e. The predicted octanol–water partition coefficient (Wildman–Crippen LogP) is 2.00. The maximum absolute atomic E-state index is 12.0. The highest BCUT2D eigenvalue weighted by molar-refractivity contribution is 5.88. The van der Waals surface area contributed by atoms with E-state index < -0.39 is 6.09 Å². The Morgan fingerprint density at radius 1 is 1.50 bits per heavy atom. The fraction of sp³-hybridized carbons (Fsp3) is 0.412. The fourth-order valence-corrected chi connectivity index (χ4v) is 2.58. The minimum atomic E-state index is -0.440. The van der Waals surface area contributed by atoms with Crippen LogP contribution in [0, 0.1) is 5.92 Å². The van der Waals surface area contributed by atoms with Crippen LogP contribution in [0.25, 0.3) is 0 Å². The summed E-state index contributed by atoms with van der Waals surface area (Å²) in [4.78, 5) is 17.6. The molecule has 0 bridgehead atoms. The molecule has 0 saturated heterocycles. The summed E-state index contributed by atoms with van der Waals surface area (Å²) in [5.41, 5.74) is 12.3. The molecule has 0 saturated carbocycles. The van der Waals surface area contributed by atoms with E-state index in [-0.39, 0.29) is 11.7 Å². The number of fused-ring (bicyclic) bond motifs is 1. The normalized spacial score (nSPS) is 25.1. The van der Waals surface area contributed by atoms with Crippen LogP contribution in [0.2, 0.25) is 0 Å². The fourth-order valence-electron chi connectivity index (χ4n) is 2.58. The first-order valence-corrected chi connectivity index (χ1v) is 7.93. The van der Waals surface area contributed by atoms with E-state index in [4.69, 9.17) is 20.9 Å². The molecular formula is C17H24N4O3. The van der Waals surface area contributed by atoms with Crippen LogP contribution in [-0.4, -0.2) is 37.2 Å². The second kappa shape index (κ2) is 8.81. The van der Waals surface area contributed by atoms with E-state index in [0.717, 1.165) is 19.3 Å². The molecule has 0 aromatic carbocycles. The van der Waals surface area contributed by atoms with Gasteiger partial charge in [-0.25, -0.2) is 4.79 Å². The van der Waals surface area contributed by atoms with Gasteiger partial charge < -0.3 is 20.9 Å². The van der Waals surface area contributed by atoms with Gasteiger partial charge in [-0.05, 0) is 19.3 Å². The first kappa shape index (κ1) is 17.7. The Kier molecular flexibility index (Phi) is 6.48. The van der Waals surface area contributed by atoms with Crippen LogP contribution >= 0.6 is 0 Å². The van der Waals surface area contributed by atoms with Crippen molar-refractivity contribution in [3.63, 3.8) is 0 Å². The standard InChI is InChI=1S/C17H24N4O3/c1-23-17(22)21-9-8-16(20-15(19)11-18)24-10-3-2-5-13-6-4-7-14(13)12-21/h4,6-9,11,14H,2-3,5,10,12,18-19H2,1H3/b9-8+,15-11+,20-16+/t14-/m1/s1. The Bertz CT molecular complexity index is 605. The number of aliphatic imine (C=N–C) groups is 1. The largest absolute Gasteiger partial charge is 0.478 e. The Balaban J connectivity index is 2.25. The molecule has 0 fully saturated rings. The molecule has 0 spiro atoms. The van der Waals surface area contributed by atoms with Crippen molar-refractivity contribution in [2.75, 3.05) is 20.3 Å². The molecule has 24 heavy (non-hydrogen) atoms. The quantitative estimate of drug-likeness (QED) is 0.764. The van der Waals surface area contributed by atoms with E-state index in [1.807, 2.05) is 6.08 Å². The lowest BCUT2D eigenvalue weighted by molar-refractivity contribution is 0.138. The van der Waals surface area contributed by atoms with Crippen molar-refractivity contribution in [2.24, 2.45) is 22.4 Å². The average molecular weight is 332 g/mol. The number of rotatable bonds is 1. The summed E-state index contributed by atoms with van der Waals surface area (Å²) in [5.74, 6) is 0.653. The van der Waals surface area contributed by atoms with E-state index in [9.17, 15) is 4.79 Å². The summed E-state index contributed by atoms with van der Waals surface area (Å²) in [6, 6.07) is 0. The van der Waals surface area contributed by atoms with Crippen molar-refractivity contribution in [3.05, 3.63) is 48.1 Å². The highest BCUT2D eigenvalue weighted by Gasteiger charge is 2.21. The van der Waals surface area contributed by atoms with Gasteiger partial charge in [-0.3, -0.25) is 4.90 Å². The van der Waals surface area contributed by atoms with Gasteiger partial charge in [0.15, 0.2) is 0 Å². The van der Waals surface area contributed by atoms with Crippen LogP contribution in [0.1, 0.15) is 19.3 Å². The van der Waals surface area contributed by atoms with E-state index in [0.29, 0.717) is 19.0 Å². The lowest BCUT2D eigenvalue weighted by Gasteiger charge is -2.23. The van der Waals surface area contributed by atoms with Crippen LogP contribution in [0.3, 0.4) is 0 Å². The Hall–Kier alpha value is -2.70. The summed E-state index contributed by atoms with van der Waals surface area (Å²) < 4.78 is 10.5. The first-order valence-electron chi connectivity index (χ1n) is 7.93. The van der Waals surface area contributed by atoms with Crippen molar-refractivity contribution in [1.29, 1.82) is 0 Å². The molecule has 1 atom stereocenters. The molecule has 0 unspecified atom stereocenters. The maximum atomic E-state index is 12.0. The molecule has 1 amide bonds. The number of ether oxygens (including phenoxy) is 2. The number of methoxy groups -OCH3 is 1. The molecule has 0 aromatic rings. The van der Waals surface area contributed by atoms with Gasteiger partial charge in [0.2, 0.25) is 5.90 Å². The molecule has 0 aromatic heterocycles. The third-order valence-corrected chi connectivity index (χ3v) is 3.85. The van der Waals surface area contributed by atoms with Crippen molar-refractivity contribution in [2.45, 2.75) is 19.3 Å². The number of carbonyl (C=O) groups is 1. The van der Waals surface area contributed by atoms with Crippen molar-refractivity contribution < 1.29 is 14.3 Å². The number of amides is 1. The second-order valence-electron chi connectivity index (χ2n) is 5.52. The number of hydrogen-bond acceptors (Lipinski definition) is 6. The van der Waals surface area contributed by atoms with Gasteiger partial charge in [-0.2, -0.15) is 4.99 Å². The van der Waals surface area contributed by atoms with Gasteiger partial charge >= 0.3 is 6.09 Å². The van der Waals surface area contributed by atoms with Gasteiger partial charge in [0.25, 0.3) is 0 Å². The predicted molar refractivity (Wildman–Crippen MR) is 92.7 cm³/mol. The summed E-state index contributed by atoms with van der Waals surface area (Å²) >= 11 is 0. The zero-order valence-electron chi connectivity index (χ0n) is 13.9. The summed E-state index contributed by atoms with van der Waals surface area (Å²) in [6.45, 7) is 1.02. The van der Waals surface area contributed by atoms with Crippen molar-refractivity contribution in [1.82, 2.24) is 4.90 Å². The monoisotopic (exact) mass is 332 g/mol. The zero-order valence-corrected chi connectivity index (χ0v) is 13.9.